The van der Waals surface area contributed by atoms with Gasteiger partial charge in [0.2, 0.25) is 0 Å². The van der Waals surface area contributed by atoms with E-state index in [1.54, 1.807) is 12.1 Å². The van der Waals surface area contributed by atoms with Gasteiger partial charge in [-0.1, -0.05) is 246 Å². The molecule has 8 heteroatoms. The molecule has 6 aromatic carbocycles. The average Bonchev–Trinajstić information content (AvgIpc) is 3.74. The van der Waals surface area contributed by atoms with Crippen LogP contribution < -0.4 is 18.9 Å². The van der Waals surface area contributed by atoms with E-state index >= 15 is 0 Å². The van der Waals surface area contributed by atoms with Crippen molar-refractivity contribution in [2.45, 2.75) is 239 Å². The largest absolute Gasteiger partial charge is 0.494 e. The van der Waals surface area contributed by atoms with Crippen molar-refractivity contribution in [1.29, 1.82) is 0 Å². The number of hydrogen-bond acceptors (Lipinski definition) is 6. The fourth-order valence-corrected chi connectivity index (χ4v) is 13.5. The molecule has 6 nitrogen and oxygen atoms in total. The van der Waals surface area contributed by atoms with Crippen LogP contribution in [0.5, 0.6) is 23.0 Å². The van der Waals surface area contributed by atoms with Gasteiger partial charge >= 0.3 is 11.9 Å². The number of unbranched alkanes of at least 4 members (excludes halogenated alkanes) is 17. The number of hydrogen-bond donors (Lipinski definition) is 0. The molecule has 2 saturated carbocycles. The topological polar surface area (TPSA) is 71.1 Å². The lowest BCUT2D eigenvalue weighted by Gasteiger charge is -2.29. The molecule has 2 aliphatic carbocycles. The Labute approximate surface area is 535 Å². The van der Waals surface area contributed by atoms with Crippen LogP contribution in [0.2, 0.25) is 10.0 Å². The summed E-state index contributed by atoms with van der Waals surface area (Å²) >= 11 is 13.4. The van der Waals surface area contributed by atoms with Crippen molar-refractivity contribution in [2.75, 3.05) is 13.2 Å². The first-order valence-corrected chi connectivity index (χ1v) is 35.1. The van der Waals surface area contributed by atoms with Crippen LogP contribution in [0.25, 0.3) is 22.3 Å². The van der Waals surface area contributed by atoms with E-state index < -0.39 is 0 Å². The van der Waals surface area contributed by atoms with Crippen LogP contribution in [0, 0.1) is 11.8 Å². The molecule has 0 N–H and O–H groups in total. The molecule has 8 rings (SSSR count). The third-order valence-electron chi connectivity index (χ3n) is 18.3. The summed E-state index contributed by atoms with van der Waals surface area (Å²) in [6, 6.07) is 43.0. The maximum Gasteiger partial charge on any atom is 0.343 e. The highest BCUT2D eigenvalue weighted by atomic mass is 35.5. The van der Waals surface area contributed by atoms with Gasteiger partial charge in [-0.3, -0.25) is 0 Å². The van der Waals surface area contributed by atoms with Crippen LogP contribution >= 0.6 is 23.2 Å². The Kier molecular flexibility index (Phi) is 31.3. The van der Waals surface area contributed by atoms with Crippen molar-refractivity contribution in [3.63, 3.8) is 0 Å². The van der Waals surface area contributed by atoms with Crippen LogP contribution in [0.1, 0.15) is 270 Å². The Morgan fingerprint density at radius 2 is 0.632 bits per heavy atom. The summed E-state index contributed by atoms with van der Waals surface area (Å²) in [5.41, 5.74) is 7.63. The van der Waals surface area contributed by atoms with Crippen LogP contribution in [0.4, 0.5) is 0 Å². The molecule has 0 heterocycles. The van der Waals surface area contributed by atoms with Gasteiger partial charge in [0.05, 0.1) is 24.3 Å². The van der Waals surface area contributed by atoms with Crippen LogP contribution in [-0.2, 0) is 0 Å². The van der Waals surface area contributed by atoms with Crippen LogP contribution in [0.15, 0.2) is 133 Å². The number of carbonyl (C=O) groups excluding carboxylic acids is 2. The summed E-state index contributed by atoms with van der Waals surface area (Å²) in [6.45, 7) is 10.6. The Morgan fingerprint density at radius 1 is 0.345 bits per heavy atom. The van der Waals surface area contributed by atoms with E-state index in [0.717, 1.165) is 71.6 Å². The predicted octanol–water partition coefficient (Wildman–Crippen LogP) is 24.8. The Balaban J connectivity index is 0.000000249. The van der Waals surface area contributed by atoms with Gasteiger partial charge in [-0.25, -0.2) is 9.59 Å². The normalized spacial score (nSPS) is 16.6. The van der Waals surface area contributed by atoms with Gasteiger partial charge in [0.25, 0.3) is 0 Å². The number of esters is 2. The summed E-state index contributed by atoms with van der Waals surface area (Å²) < 4.78 is 23.2. The number of carbonyl (C=O) groups is 2. The molecule has 0 aromatic heterocycles. The molecule has 0 radical (unpaired) electrons. The van der Waals surface area contributed by atoms with E-state index in [4.69, 9.17) is 42.1 Å². The molecule has 0 amide bonds. The molecular weight excluding hydrogens is 1120 g/mol. The number of benzene rings is 6. The van der Waals surface area contributed by atoms with Crippen molar-refractivity contribution < 1.29 is 28.5 Å². The van der Waals surface area contributed by atoms with Crippen LogP contribution in [0.3, 0.4) is 0 Å². The van der Waals surface area contributed by atoms with Gasteiger partial charge in [-0.2, -0.15) is 0 Å². The smallest absolute Gasteiger partial charge is 0.343 e. The van der Waals surface area contributed by atoms with Gasteiger partial charge in [-0.05, 0) is 194 Å². The molecule has 6 aromatic rings. The molecule has 0 spiro atoms. The molecule has 0 aliphatic heterocycles. The van der Waals surface area contributed by atoms with E-state index in [-0.39, 0.29) is 11.9 Å². The minimum Gasteiger partial charge on any atom is -0.494 e. The highest BCUT2D eigenvalue weighted by Crippen LogP contribution is 2.42. The van der Waals surface area contributed by atoms with Crippen molar-refractivity contribution in [2.24, 2.45) is 11.8 Å². The van der Waals surface area contributed by atoms with Gasteiger partial charge in [0.15, 0.2) is 0 Å². The quantitative estimate of drug-likeness (QED) is 0.0224. The first-order valence-electron chi connectivity index (χ1n) is 34.3. The first kappa shape index (κ1) is 68.9. The lowest BCUT2D eigenvalue weighted by Crippen LogP contribution is -2.14. The fraction of sp³-hybridized carbons (Fsp3) is 0.519. The zero-order valence-electron chi connectivity index (χ0n) is 53.6. The Hall–Kier alpha value is -5.56. The minimum absolute atomic E-state index is 0.385. The summed E-state index contributed by atoms with van der Waals surface area (Å²) in [5.74, 6) is 4.76. The minimum atomic E-state index is -0.386. The summed E-state index contributed by atoms with van der Waals surface area (Å²) in [5, 5.41) is 1.35. The molecular formula is C79H104Cl2O6. The van der Waals surface area contributed by atoms with Gasteiger partial charge in [0.1, 0.15) is 23.0 Å². The van der Waals surface area contributed by atoms with Gasteiger partial charge < -0.3 is 18.9 Å². The van der Waals surface area contributed by atoms with E-state index in [9.17, 15) is 9.59 Å². The lowest BCUT2D eigenvalue weighted by atomic mass is 9.77. The van der Waals surface area contributed by atoms with Gasteiger partial charge in [-0.15, -0.1) is 0 Å². The molecule has 87 heavy (non-hydrogen) atoms. The summed E-state index contributed by atoms with van der Waals surface area (Å²) in [6.07, 6.45) is 39.9. The number of ether oxygens (including phenoxy) is 4. The molecule has 2 aliphatic rings. The number of rotatable bonds is 35. The highest BCUT2D eigenvalue weighted by molar-refractivity contribution is 6.32. The zero-order chi connectivity index (χ0) is 61.3. The maximum atomic E-state index is 12.9. The molecule has 0 unspecified atom stereocenters. The van der Waals surface area contributed by atoms with E-state index in [1.807, 2.05) is 97.1 Å². The monoisotopic (exact) mass is 1220 g/mol. The van der Waals surface area contributed by atoms with Crippen molar-refractivity contribution in [3.05, 3.63) is 166 Å². The van der Waals surface area contributed by atoms with Crippen molar-refractivity contribution in [3.8, 4) is 45.3 Å². The summed E-state index contributed by atoms with van der Waals surface area (Å²) in [4.78, 5) is 25.8. The molecule has 0 atom stereocenters. The lowest BCUT2D eigenvalue weighted by molar-refractivity contribution is 0.0725. The molecule has 0 bridgehead atoms. The summed E-state index contributed by atoms with van der Waals surface area (Å²) in [7, 11) is 0. The molecule has 470 valence electrons. The van der Waals surface area contributed by atoms with E-state index in [2.05, 4.69) is 52.0 Å². The average molecular weight is 1220 g/mol. The standard InChI is InChI=1S/C40H53ClO3.C39H51ClO3/c1-3-5-7-9-10-11-13-29-43-36-24-19-32(20-25-36)33-21-26-37(27-22-33)44-40(42)35-23-28-38(39(41)30-35)34-17-15-31(16-18-34)14-12-8-6-4-2;1-3-5-7-8-9-10-12-28-42-35-23-18-31(19-24-35)32-20-25-36(26-21-32)43-39(41)34-22-27-37(38(40)29-34)33-16-14-30(15-17-33)13-11-6-4-2/h19-28,30-31,34H,3-18,29H2,1-2H3;18-27,29-30,33H,3-17,28H2,1-2H3. The molecule has 2 fully saturated rings. The third-order valence-corrected chi connectivity index (χ3v) is 18.9. The van der Waals surface area contributed by atoms with Gasteiger partial charge in [0, 0.05) is 10.0 Å². The number of halogens is 2. The Bertz CT molecular complexity index is 2860. The maximum absolute atomic E-state index is 12.9. The van der Waals surface area contributed by atoms with Crippen LogP contribution in [-0.4, -0.2) is 25.2 Å². The second-order valence-electron chi connectivity index (χ2n) is 25.1. The predicted molar refractivity (Wildman–Crippen MR) is 366 cm³/mol. The van der Waals surface area contributed by atoms with E-state index in [1.165, 1.54) is 197 Å². The van der Waals surface area contributed by atoms with Crippen molar-refractivity contribution >= 4 is 35.1 Å². The second kappa shape index (κ2) is 39.4. The Morgan fingerprint density at radius 3 is 0.966 bits per heavy atom. The fourth-order valence-electron chi connectivity index (χ4n) is 12.8. The zero-order valence-corrected chi connectivity index (χ0v) is 55.1. The first-order chi connectivity index (χ1) is 42.6. The van der Waals surface area contributed by atoms with E-state index in [0.29, 0.717) is 44.5 Å². The van der Waals surface area contributed by atoms with Crippen molar-refractivity contribution in [1.82, 2.24) is 0 Å². The second-order valence-corrected chi connectivity index (χ2v) is 25.9. The molecule has 0 saturated heterocycles. The third kappa shape index (κ3) is 24.1. The SMILES string of the molecule is CCCCCCCCCOc1ccc(-c2ccc(OC(=O)c3ccc(C4CCC(CCCCC)CC4)c(Cl)c3)cc2)cc1.CCCCCCCCCOc1ccc(-c2ccc(OC(=O)c3ccc(C4CCC(CCCCCC)CC4)c(Cl)c3)cc2)cc1. The highest BCUT2D eigenvalue weighted by Gasteiger charge is 2.26.